The van der Waals surface area contributed by atoms with E-state index in [2.05, 4.69) is 19.2 Å². The van der Waals surface area contributed by atoms with Crippen molar-refractivity contribution in [3.05, 3.63) is 0 Å². The van der Waals surface area contributed by atoms with Crippen LogP contribution in [0.15, 0.2) is 0 Å². The Hall–Kier alpha value is -0.0800. The van der Waals surface area contributed by atoms with Gasteiger partial charge in [-0.1, -0.05) is 13.8 Å². The molecule has 66 valence electrons. The second kappa shape index (κ2) is 4.73. The van der Waals surface area contributed by atoms with Crippen LogP contribution in [0.2, 0.25) is 0 Å². The minimum atomic E-state index is 0.761. The molecule has 0 saturated carbocycles. The van der Waals surface area contributed by atoms with E-state index >= 15 is 0 Å². The summed E-state index contributed by atoms with van der Waals surface area (Å²) in [6.45, 7) is 8.67. The lowest BCUT2D eigenvalue weighted by atomic mass is 10.1. The molecule has 0 spiro atoms. The number of rotatable bonds is 4. The second-order valence-corrected chi connectivity index (χ2v) is 3.78. The average molecular weight is 157 g/mol. The minimum Gasteiger partial charge on any atom is -0.381 e. The summed E-state index contributed by atoms with van der Waals surface area (Å²) in [6.07, 6.45) is 1.24. The van der Waals surface area contributed by atoms with Crippen molar-refractivity contribution < 1.29 is 4.74 Å². The Bertz CT molecular complexity index is 97.7. The SMILES string of the molecule is CC(C)CNC[C@H]1CCOC1. The molecule has 0 unspecified atom stereocenters. The first-order valence-electron chi connectivity index (χ1n) is 4.57. The van der Waals surface area contributed by atoms with Crippen molar-refractivity contribution in [1.29, 1.82) is 0 Å². The first kappa shape index (κ1) is 9.01. The molecule has 1 fully saturated rings. The molecule has 1 heterocycles. The van der Waals surface area contributed by atoms with Gasteiger partial charge in [0.15, 0.2) is 0 Å². The summed E-state index contributed by atoms with van der Waals surface area (Å²) in [4.78, 5) is 0. The third-order valence-electron chi connectivity index (χ3n) is 2.01. The highest BCUT2D eigenvalue weighted by molar-refractivity contribution is 4.66. The molecule has 1 atom stereocenters. The van der Waals surface area contributed by atoms with E-state index in [-0.39, 0.29) is 0 Å². The quantitative estimate of drug-likeness (QED) is 0.663. The van der Waals surface area contributed by atoms with Gasteiger partial charge in [0.05, 0.1) is 6.61 Å². The van der Waals surface area contributed by atoms with E-state index < -0.39 is 0 Å². The van der Waals surface area contributed by atoms with Crippen molar-refractivity contribution in [1.82, 2.24) is 5.32 Å². The van der Waals surface area contributed by atoms with Gasteiger partial charge in [-0.15, -0.1) is 0 Å². The van der Waals surface area contributed by atoms with Gasteiger partial charge in [-0.25, -0.2) is 0 Å². The van der Waals surface area contributed by atoms with Crippen LogP contribution in [-0.2, 0) is 4.74 Å². The number of hydrogen-bond donors (Lipinski definition) is 1. The van der Waals surface area contributed by atoms with Crippen LogP contribution in [0.1, 0.15) is 20.3 Å². The maximum Gasteiger partial charge on any atom is 0.0507 e. The Morgan fingerprint density at radius 3 is 2.91 bits per heavy atom. The molecule has 1 N–H and O–H groups in total. The summed E-state index contributed by atoms with van der Waals surface area (Å²) < 4.78 is 5.27. The molecule has 2 heteroatoms. The zero-order chi connectivity index (χ0) is 8.10. The first-order chi connectivity index (χ1) is 5.29. The van der Waals surface area contributed by atoms with E-state index in [0.29, 0.717) is 0 Å². The maximum atomic E-state index is 5.27. The average Bonchev–Trinajstić information content (AvgIpc) is 2.39. The molecule has 0 aromatic carbocycles. The predicted octanol–water partition coefficient (Wildman–Crippen LogP) is 1.27. The van der Waals surface area contributed by atoms with Gasteiger partial charge >= 0.3 is 0 Å². The molecule has 1 rings (SSSR count). The van der Waals surface area contributed by atoms with Gasteiger partial charge < -0.3 is 10.1 Å². The van der Waals surface area contributed by atoms with Gasteiger partial charge in [-0.3, -0.25) is 0 Å². The molecule has 2 nitrogen and oxygen atoms in total. The molecule has 0 bridgehead atoms. The molecule has 0 amide bonds. The van der Waals surface area contributed by atoms with Crippen LogP contribution in [0, 0.1) is 11.8 Å². The van der Waals surface area contributed by atoms with Crippen molar-refractivity contribution in [2.75, 3.05) is 26.3 Å². The van der Waals surface area contributed by atoms with E-state index in [9.17, 15) is 0 Å². The fraction of sp³-hybridized carbons (Fsp3) is 1.00. The van der Waals surface area contributed by atoms with Gasteiger partial charge in [0.2, 0.25) is 0 Å². The highest BCUT2D eigenvalue weighted by atomic mass is 16.5. The lowest BCUT2D eigenvalue weighted by Gasteiger charge is -2.10. The first-order valence-corrected chi connectivity index (χ1v) is 4.57. The normalized spacial score (nSPS) is 24.8. The van der Waals surface area contributed by atoms with E-state index in [0.717, 1.165) is 38.1 Å². The monoisotopic (exact) mass is 157 g/mol. The molecule has 1 aliphatic heterocycles. The summed E-state index contributed by atoms with van der Waals surface area (Å²) >= 11 is 0. The highest BCUT2D eigenvalue weighted by Gasteiger charge is 2.14. The standard InChI is InChI=1S/C9H19NO/c1-8(2)5-10-6-9-3-4-11-7-9/h8-10H,3-7H2,1-2H3/t9-/m1/s1. The van der Waals surface area contributed by atoms with Crippen molar-refractivity contribution in [2.45, 2.75) is 20.3 Å². The van der Waals surface area contributed by atoms with Crippen molar-refractivity contribution >= 4 is 0 Å². The van der Waals surface area contributed by atoms with Crippen LogP contribution in [-0.4, -0.2) is 26.3 Å². The molecular formula is C9H19NO. The van der Waals surface area contributed by atoms with Crippen LogP contribution in [0.25, 0.3) is 0 Å². The van der Waals surface area contributed by atoms with E-state index in [1.165, 1.54) is 6.42 Å². The van der Waals surface area contributed by atoms with E-state index in [4.69, 9.17) is 4.74 Å². The Labute approximate surface area is 69.3 Å². The van der Waals surface area contributed by atoms with Crippen LogP contribution in [0.5, 0.6) is 0 Å². The summed E-state index contributed by atoms with van der Waals surface area (Å²) in [7, 11) is 0. The number of nitrogens with one attached hydrogen (secondary N) is 1. The Morgan fingerprint density at radius 1 is 1.55 bits per heavy atom. The lowest BCUT2D eigenvalue weighted by Crippen LogP contribution is -2.26. The van der Waals surface area contributed by atoms with Gasteiger partial charge in [0, 0.05) is 13.2 Å². The third kappa shape index (κ3) is 3.73. The molecule has 0 aromatic heterocycles. The largest absolute Gasteiger partial charge is 0.381 e. The summed E-state index contributed by atoms with van der Waals surface area (Å²) in [6, 6.07) is 0. The van der Waals surface area contributed by atoms with Gasteiger partial charge in [-0.2, -0.15) is 0 Å². The fourth-order valence-electron chi connectivity index (χ4n) is 1.32. The van der Waals surface area contributed by atoms with E-state index in [1.807, 2.05) is 0 Å². The predicted molar refractivity (Wildman–Crippen MR) is 46.6 cm³/mol. The molecule has 11 heavy (non-hydrogen) atoms. The minimum absolute atomic E-state index is 0.761. The van der Waals surface area contributed by atoms with Gasteiger partial charge in [0.25, 0.3) is 0 Å². The maximum absolute atomic E-state index is 5.27. The van der Waals surface area contributed by atoms with Crippen LogP contribution in [0.4, 0.5) is 0 Å². The Morgan fingerprint density at radius 2 is 2.36 bits per heavy atom. The van der Waals surface area contributed by atoms with Crippen molar-refractivity contribution in [3.63, 3.8) is 0 Å². The Kier molecular flexibility index (Phi) is 3.87. The van der Waals surface area contributed by atoms with Crippen LogP contribution < -0.4 is 5.32 Å². The third-order valence-corrected chi connectivity index (χ3v) is 2.01. The van der Waals surface area contributed by atoms with Gasteiger partial charge in [0.1, 0.15) is 0 Å². The summed E-state index contributed by atoms with van der Waals surface area (Å²) in [5, 5.41) is 3.45. The van der Waals surface area contributed by atoms with Crippen LogP contribution >= 0.6 is 0 Å². The topological polar surface area (TPSA) is 21.3 Å². The zero-order valence-electron chi connectivity index (χ0n) is 7.60. The van der Waals surface area contributed by atoms with Crippen molar-refractivity contribution in [3.8, 4) is 0 Å². The molecule has 1 saturated heterocycles. The second-order valence-electron chi connectivity index (χ2n) is 3.78. The van der Waals surface area contributed by atoms with Crippen molar-refractivity contribution in [2.24, 2.45) is 11.8 Å². The molecule has 0 radical (unpaired) electrons. The fourth-order valence-corrected chi connectivity index (χ4v) is 1.32. The zero-order valence-corrected chi connectivity index (χ0v) is 7.60. The molecule has 1 aliphatic rings. The molecule has 0 aliphatic carbocycles. The van der Waals surface area contributed by atoms with Gasteiger partial charge in [-0.05, 0) is 24.8 Å². The molecule has 0 aromatic rings. The highest BCUT2D eigenvalue weighted by Crippen LogP contribution is 2.10. The van der Waals surface area contributed by atoms with Crippen LogP contribution in [0.3, 0.4) is 0 Å². The number of ether oxygens (including phenoxy) is 1. The molecular weight excluding hydrogens is 138 g/mol. The van der Waals surface area contributed by atoms with E-state index in [1.54, 1.807) is 0 Å². The Balaban J connectivity index is 1.94. The summed E-state index contributed by atoms with van der Waals surface area (Å²) in [5.74, 6) is 1.53. The lowest BCUT2D eigenvalue weighted by molar-refractivity contribution is 0.185. The summed E-state index contributed by atoms with van der Waals surface area (Å²) in [5.41, 5.74) is 0. The number of hydrogen-bond acceptors (Lipinski definition) is 2. The smallest absolute Gasteiger partial charge is 0.0507 e.